The van der Waals surface area contributed by atoms with Crippen LogP contribution in [0.15, 0.2) is 0 Å². The van der Waals surface area contributed by atoms with Gasteiger partial charge in [-0.15, -0.1) is 0 Å². The highest BCUT2D eigenvalue weighted by atomic mass is 16.8. The Balaban J connectivity index is 2.78. The number of hydrogen-bond acceptors (Lipinski definition) is 3. The lowest BCUT2D eigenvalue weighted by Crippen LogP contribution is -2.41. The van der Waals surface area contributed by atoms with Gasteiger partial charge in [-0.3, -0.25) is 0 Å². The summed E-state index contributed by atoms with van der Waals surface area (Å²) >= 11 is 0. The van der Waals surface area contributed by atoms with Crippen LogP contribution in [0.5, 0.6) is 0 Å². The molecule has 1 heterocycles. The number of hydrogen-bond donors (Lipinski definition) is 1. The minimum Gasteiger partial charge on any atom is -0.346 e. The molecule has 0 bridgehead atoms. The van der Waals surface area contributed by atoms with E-state index in [1.165, 1.54) is 0 Å². The van der Waals surface area contributed by atoms with Crippen molar-refractivity contribution in [1.82, 2.24) is 0 Å². The molecule has 1 fully saturated rings. The first-order valence-electron chi connectivity index (χ1n) is 3.39. The minimum atomic E-state index is -1.06. The topological polar surface area (TPSA) is 38.7 Å². The van der Waals surface area contributed by atoms with E-state index in [-0.39, 0.29) is 0 Å². The summed E-state index contributed by atoms with van der Waals surface area (Å²) in [7, 11) is 0. The van der Waals surface area contributed by atoms with Gasteiger partial charge in [0, 0.05) is 0 Å². The van der Waals surface area contributed by atoms with Gasteiger partial charge in [-0.25, -0.2) is 0 Å². The maximum absolute atomic E-state index is 8.96. The average Bonchev–Trinajstić information content (AvgIpc) is 1.73. The summed E-state index contributed by atoms with van der Waals surface area (Å²) in [5, 5.41) is 8.96. The van der Waals surface area contributed by atoms with E-state index in [1.54, 1.807) is 0 Å². The maximum atomic E-state index is 8.96. The Kier molecular flexibility index (Phi) is 1.54. The lowest BCUT2D eigenvalue weighted by molar-refractivity contribution is -0.223. The zero-order valence-corrected chi connectivity index (χ0v) is 6.84. The highest BCUT2D eigenvalue weighted by Crippen LogP contribution is 2.36. The summed E-state index contributed by atoms with van der Waals surface area (Å²) in [5.74, 6) is 0. The lowest BCUT2D eigenvalue weighted by atomic mass is 9.90. The first-order chi connectivity index (χ1) is 4.35. The van der Waals surface area contributed by atoms with Gasteiger partial charge in [0.25, 0.3) is 6.48 Å². The van der Waals surface area contributed by atoms with Gasteiger partial charge in [-0.1, -0.05) is 0 Å². The molecule has 3 heteroatoms. The van der Waals surface area contributed by atoms with E-state index < -0.39 is 17.7 Å². The van der Waals surface area contributed by atoms with Crippen LogP contribution < -0.4 is 0 Å². The van der Waals surface area contributed by atoms with E-state index in [4.69, 9.17) is 14.6 Å². The van der Waals surface area contributed by atoms with Crippen LogP contribution >= 0.6 is 0 Å². The van der Waals surface area contributed by atoms with Crippen LogP contribution in [0.2, 0.25) is 0 Å². The average molecular weight is 146 g/mol. The van der Waals surface area contributed by atoms with Gasteiger partial charge in [0.05, 0.1) is 11.2 Å². The van der Waals surface area contributed by atoms with Crippen LogP contribution in [-0.2, 0) is 9.47 Å². The Morgan fingerprint density at radius 2 is 1.30 bits per heavy atom. The normalized spacial score (nSPS) is 30.9. The summed E-state index contributed by atoms with van der Waals surface area (Å²) in [6.45, 7) is 6.50. The third-order valence-electron chi connectivity index (χ3n) is 2.24. The third-order valence-corrected chi connectivity index (χ3v) is 2.24. The van der Waals surface area contributed by atoms with E-state index >= 15 is 0 Å². The number of aliphatic hydroxyl groups is 1. The Morgan fingerprint density at radius 1 is 1.00 bits per heavy atom. The largest absolute Gasteiger partial charge is 0.346 e. The molecule has 0 aromatic heterocycles. The van der Waals surface area contributed by atoms with Crippen molar-refractivity contribution in [2.24, 2.45) is 0 Å². The van der Waals surface area contributed by atoms with Crippen LogP contribution in [-0.4, -0.2) is 22.8 Å². The Hall–Kier alpha value is -0.120. The molecule has 1 saturated heterocycles. The number of ether oxygens (including phenoxy) is 2. The van der Waals surface area contributed by atoms with Crippen molar-refractivity contribution in [3.8, 4) is 0 Å². The zero-order chi connectivity index (χ0) is 7.99. The quantitative estimate of drug-likeness (QED) is 0.551. The van der Waals surface area contributed by atoms with Crippen molar-refractivity contribution in [1.29, 1.82) is 0 Å². The highest BCUT2D eigenvalue weighted by Gasteiger charge is 2.48. The Morgan fingerprint density at radius 3 is 1.40 bits per heavy atom. The van der Waals surface area contributed by atoms with Crippen molar-refractivity contribution in [2.75, 3.05) is 0 Å². The van der Waals surface area contributed by atoms with Gasteiger partial charge in [0.2, 0.25) is 0 Å². The molecule has 0 amide bonds. The predicted octanol–water partition coefficient (Wildman–Crippen LogP) is 0.866. The molecule has 0 saturated carbocycles. The van der Waals surface area contributed by atoms with Gasteiger partial charge < -0.3 is 14.6 Å². The van der Waals surface area contributed by atoms with Crippen LogP contribution in [0.4, 0.5) is 0 Å². The third kappa shape index (κ3) is 1.05. The molecule has 3 nitrogen and oxygen atoms in total. The molecule has 0 spiro atoms. The molecule has 0 aromatic carbocycles. The molecule has 1 rings (SSSR count). The van der Waals surface area contributed by atoms with E-state index in [2.05, 4.69) is 0 Å². The molecule has 1 aliphatic heterocycles. The molecule has 10 heavy (non-hydrogen) atoms. The fourth-order valence-corrected chi connectivity index (χ4v) is 0.812. The van der Waals surface area contributed by atoms with Gasteiger partial charge in [-0.05, 0) is 27.7 Å². The summed E-state index contributed by atoms with van der Waals surface area (Å²) in [4.78, 5) is 0. The van der Waals surface area contributed by atoms with Crippen LogP contribution in [0.25, 0.3) is 0 Å². The van der Waals surface area contributed by atoms with Crippen molar-refractivity contribution in [3.05, 3.63) is 0 Å². The second-order valence-electron chi connectivity index (χ2n) is 3.56. The smallest absolute Gasteiger partial charge is 0.270 e. The molecule has 1 N–H and O–H groups in total. The van der Waals surface area contributed by atoms with Crippen molar-refractivity contribution in [3.63, 3.8) is 0 Å². The summed E-state index contributed by atoms with van der Waals surface area (Å²) in [5.41, 5.74) is -0.821. The number of rotatable bonds is 0. The standard InChI is InChI=1S/C7H14O3/c1-6(2)7(3,4)10-5(8)9-6/h5,8H,1-4H3. The van der Waals surface area contributed by atoms with Crippen molar-refractivity contribution < 1.29 is 14.6 Å². The molecule has 60 valence electrons. The molecule has 1 aliphatic rings. The maximum Gasteiger partial charge on any atom is 0.270 e. The van der Waals surface area contributed by atoms with Crippen LogP contribution in [0.1, 0.15) is 27.7 Å². The van der Waals surface area contributed by atoms with E-state index in [1.807, 2.05) is 27.7 Å². The monoisotopic (exact) mass is 146 g/mol. The van der Waals surface area contributed by atoms with E-state index in [0.717, 1.165) is 0 Å². The predicted molar refractivity (Wildman–Crippen MR) is 36.3 cm³/mol. The highest BCUT2D eigenvalue weighted by molar-refractivity contribution is 4.92. The first kappa shape index (κ1) is 7.98. The molecule has 0 aromatic rings. The SMILES string of the molecule is CC1(C)OC(O)OC1(C)C. The second-order valence-corrected chi connectivity index (χ2v) is 3.56. The minimum absolute atomic E-state index is 0.410. The molecular formula is C7H14O3. The summed E-state index contributed by atoms with van der Waals surface area (Å²) in [6.07, 6.45) is 0. The fraction of sp³-hybridized carbons (Fsp3) is 1.00. The van der Waals surface area contributed by atoms with E-state index in [0.29, 0.717) is 0 Å². The van der Waals surface area contributed by atoms with Crippen molar-refractivity contribution >= 4 is 0 Å². The molecular weight excluding hydrogens is 132 g/mol. The Bertz CT molecular complexity index is 124. The van der Waals surface area contributed by atoms with Gasteiger partial charge in [-0.2, -0.15) is 0 Å². The second kappa shape index (κ2) is 1.94. The van der Waals surface area contributed by atoms with Crippen LogP contribution in [0.3, 0.4) is 0 Å². The van der Waals surface area contributed by atoms with Gasteiger partial charge in [0.1, 0.15) is 0 Å². The zero-order valence-electron chi connectivity index (χ0n) is 6.84. The van der Waals surface area contributed by atoms with Crippen molar-refractivity contribution in [2.45, 2.75) is 45.4 Å². The first-order valence-corrected chi connectivity index (χ1v) is 3.39. The summed E-state index contributed by atoms with van der Waals surface area (Å²) < 4.78 is 10.2. The molecule has 0 unspecified atom stereocenters. The molecule has 0 aliphatic carbocycles. The van der Waals surface area contributed by atoms with Gasteiger partial charge in [0.15, 0.2) is 0 Å². The molecule has 0 radical (unpaired) electrons. The lowest BCUT2D eigenvalue weighted by Gasteiger charge is -2.29. The van der Waals surface area contributed by atoms with Gasteiger partial charge >= 0.3 is 0 Å². The summed E-state index contributed by atoms with van der Waals surface area (Å²) in [6, 6.07) is 0. The number of aliphatic hydroxyl groups excluding tert-OH is 1. The molecule has 0 atom stereocenters. The fourth-order valence-electron chi connectivity index (χ4n) is 0.812. The van der Waals surface area contributed by atoms with Crippen LogP contribution in [0, 0.1) is 0 Å². The van der Waals surface area contributed by atoms with E-state index in [9.17, 15) is 0 Å². The Labute approximate surface area is 60.9 Å².